The van der Waals surface area contributed by atoms with E-state index in [2.05, 4.69) is 10.4 Å². The first kappa shape index (κ1) is 14.7. The second kappa shape index (κ2) is 4.53. The number of alkyl halides is 2. The first-order valence-electron chi connectivity index (χ1n) is 8.27. The first-order chi connectivity index (χ1) is 12.0. The maximum Gasteiger partial charge on any atom is 0.282 e. The average molecular weight is 343 g/mol. The lowest BCUT2D eigenvalue weighted by molar-refractivity contribution is -0.113. The largest absolute Gasteiger partial charge is 0.322 e. The van der Waals surface area contributed by atoms with E-state index in [0.29, 0.717) is 11.5 Å². The summed E-state index contributed by atoms with van der Waals surface area (Å²) in [6.45, 7) is 0. The summed E-state index contributed by atoms with van der Waals surface area (Å²) < 4.78 is 27.4. The molecule has 1 N–H and O–H groups in total. The van der Waals surface area contributed by atoms with Crippen molar-refractivity contribution in [2.45, 2.75) is 30.6 Å². The van der Waals surface area contributed by atoms with E-state index in [0.717, 1.165) is 24.0 Å². The number of amides is 1. The molecule has 1 aromatic carbocycles. The molecule has 3 unspecified atom stereocenters. The fourth-order valence-electron chi connectivity index (χ4n) is 4.96. The fourth-order valence-corrected chi connectivity index (χ4v) is 4.96. The topological polar surface area (TPSA) is 64.0 Å². The van der Waals surface area contributed by atoms with Gasteiger partial charge in [-0.05, 0) is 30.0 Å². The summed E-state index contributed by atoms with van der Waals surface area (Å²) in [6, 6.07) is 5.51. The number of nitrogens with zero attached hydrogens (tertiary/aromatic N) is 2. The van der Waals surface area contributed by atoms with Gasteiger partial charge in [-0.1, -0.05) is 12.1 Å². The Morgan fingerprint density at radius 3 is 2.84 bits per heavy atom. The highest BCUT2D eigenvalue weighted by atomic mass is 19.3. The zero-order valence-electron chi connectivity index (χ0n) is 13.4. The van der Waals surface area contributed by atoms with Crippen molar-refractivity contribution in [2.24, 2.45) is 13.0 Å². The second-order valence-corrected chi connectivity index (χ2v) is 7.04. The van der Waals surface area contributed by atoms with Crippen LogP contribution in [0.25, 0.3) is 0 Å². The minimum absolute atomic E-state index is 0.129. The number of rotatable bonds is 3. The smallest absolute Gasteiger partial charge is 0.282 e. The number of carbonyl (C=O) groups is 2. The quantitative estimate of drug-likeness (QED) is 0.932. The maximum absolute atomic E-state index is 13.1. The molecule has 2 aromatic rings. The summed E-state index contributed by atoms with van der Waals surface area (Å²) in [5.41, 5.74) is 1.65. The highest BCUT2D eigenvalue weighted by Gasteiger charge is 2.78. The van der Waals surface area contributed by atoms with Gasteiger partial charge in [0.25, 0.3) is 12.3 Å². The molecular formula is C18H15F2N3O2. The third kappa shape index (κ3) is 1.63. The van der Waals surface area contributed by atoms with Crippen LogP contribution in [-0.2, 0) is 17.3 Å². The number of aryl methyl sites for hydroxylation is 1. The van der Waals surface area contributed by atoms with Crippen molar-refractivity contribution in [1.29, 1.82) is 0 Å². The molecule has 1 amide bonds. The Balaban J connectivity index is 1.49. The van der Waals surface area contributed by atoms with Crippen LogP contribution in [0.15, 0.2) is 24.4 Å². The molecule has 128 valence electrons. The Hall–Kier alpha value is -2.57. The Morgan fingerprint density at radius 2 is 2.12 bits per heavy atom. The second-order valence-electron chi connectivity index (χ2n) is 7.04. The molecule has 0 radical (unpaired) electrons. The van der Waals surface area contributed by atoms with E-state index in [4.69, 9.17) is 0 Å². The zero-order valence-corrected chi connectivity index (χ0v) is 13.4. The van der Waals surface area contributed by atoms with Crippen LogP contribution in [0.4, 0.5) is 14.5 Å². The van der Waals surface area contributed by atoms with Gasteiger partial charge in [-0.25, -0.2) is 8.78 Å². The Kier molecular flexibility index (Phi) is 2.67. The molecule has 1 spiro atoms. The Labute approximate surface area is 142 Å². The zero-order chi connectivity index (χ0) is 17.5. The third-order valence-electron chi connectivity index (χ3n) is 5.94. The van der Waals surface area contributed by atoms with Crippen LogP contribution in [0.3, 0.4) is 0 Å². The summed E-state index contributed by atoms with van der Waals surface area (Å²) in [6.07, 6.45) is 0.308. The highest BCUT2D eigenvalue weighted by Crippen LogP contribution is 2.75. The predicted octanol–water partition coefficient (Wildman–Crippen LogP) is 2.94. The van der Waals surface area contributed by atoms with E-state index in [1.807, 2.05) is 6.07 Å². The minimum atomic E-state index is -2.82. The molecule has 25 heavy (non-hydrogen) atoms. The average Bonchev–Trinajstić information content (AvgIpc) is 2.88. The van der Waals surface area contributed by atoms with Gasteiger partial charge < -0.3 is 5.32 Å². The molecular weight excluding hydrogens is 328 g/mol. The fraction of sp³-hybridized carbons (Fsp3) is 0.389. The molecule has 3 atom stereocenters. The van der Waals surface area contributed by atoms with Crippen LogP contribution >= 0.6 is 0 Å². The van der Waals surface area contributed by atoms with Gasteiger partial charge in [-0.2, -0.15) is 5.10 Å². The van der Waals surface area contributed by atoms with Crippen LogP contribution in [0.1, 0.15) is 52.4 Å². The number of anilines is 1. The number of nitrogens with one attached hydrogen (secondary N) is 1. The standard InChI is InChI=1S/C18H15F2N3O2/c1-23-7-8(14(22-23)16(19)20)17(25)21-12-4-2-3-9-13(12)10-5-6-11-15(24)18(9,10)11/h2-4,7,10-11,16H,5-6H2,1H3,(H,21,25). The minimum Gasteiger partial charge on any atom is -0.322 e. The SMILES string of the molecule is Cn1cc(C(=O)Nc2cccc3c2C2CCC4C(=O)C342)c(C(F)F)n1. The van der Waals surface area contributed by atoms with Gasteiger partial charge in [0, 0.05) is 30.8 Å². The molecule has 2 saturated carbocycles. The van der Waals surface area contributed by atoms with Crippen molar-refractivity contribution in [3.05, 3.63) is 46.8 Å². The number of halogens is 2. The molecule has 2 fully saturated rings. The summed E-state index contributed by atoms with van der Waals surface area (Å²) >= 11 is 0. The van der Waals surface area contributed by atoms with Crippen molar-refractivity contribution >= 4 is 17.4 Å². The summed E-state index contributed by atoms with van der Waals surface area (Å²) in [5, 5.41) is 6.42. The molecule has 0 aliphatic heterocycles. The number of hydrogen-bond acceptors (Lipinski definition) is 3. The van der Waals surface area contributed by atoms with Crippen LogP contribution in [-0.4, -0.2) is 21.5 Å². The molecule has 5 rings (SSSR count). The maximum atomic E-state index is 13.1. The molecule has 1 aromatic heterocycles. The number of ketones is 1. The Morgan fingerprint density at radius 1 is 1.36 bits per heavy atom. The van der Waals surface area contributed by atoms with E-state index < -0.39 is 18.0 Å². The number of benzene rings is 1. The number of carbonyl (C=O) groups excluding carboxylic acids is 2. The van der Waals surface area contributed by atoms with Crippen LogP contribution in [0.2, 0.25) is 0 Å². The number of fused-ring (bicyclic) bond motifs is 2. The van der Waals surface area contributed by atoms with Crippen LogP contribution < -0.4 is 5.32 Å². The van der Waals surface area contributed by atoms with Crippen LogP contribution in [0, 0.1) is 5.92 Å². The van der Waals surface area contributed by atoms with Gasteiger partial charge >= 0.3 is 0 Å². The van der Waals surface area contributed by atoms with E-state index in [1.165, 1.54) is 17.9 Å². The van der Waals surface area contributed by atoms with Crippen molar-refractivity contribution in [3.8, 4) is 0 Å². The molecule has 3 aliphatic rings. The summed E-state index contributed by atoms with van der Waals surface area (Å²) in [7, 11) is 1.50. The van der Waals surface area contributed by atoms with Crippen LogP contribution in [0.5, 0.6) is 0 Å². The van der Waals surface area contributed by atoms with Gasteiger partial charge in [0.05, 0.1) is 11.0 Å². The lowest BCUT2D eigenvalue weighted by Gasteiger charge is -2.38. The molecule has 0 saturated heterocycles. The number of hydrogen-bond donors (Lipinski definition) is 1. The van der Waals surface area contributed by atoms with Crippen molar-refractivity contribution < 1.29 is 18.4 Å². The summed E-state index contributed by atoms with van der Waals surface area (Å²) in [4.78, 5) is 24.7. The first-order valence-corrected chi connectivity index (χ1v) is 8.27. The highest BCUT2D eigenvalue weighted by molar-refractivity contribution is 6.15. The van der Waals surface area contributed by atoms with E-state index in [9.17, 15) is 18.4 Å². The summed E-state index contributed by atoms with van der Waals surface area (Å²) in [5.74, 6) is 0.000992. The molecule has 1 heterocycles. The third-order valence-corrected chi connectivity index (χ3v) is 5.94. The van der Waals surface area contributed by atoms with Gasteiger partial charge in [0.15, 0.2) is 0 Å². The van der Waals surface area contributed by atoms with E-state index in [-0.39, 0.29) is 22.8 Å². The monoisotopic (exact) mass is 343 g/mol. The normalized spacial score (nSPS) is 28.2. The van der Waals surface area contributed by atoms with Gasteiger partial charge in [0.1, 0.15) is 11.5 Å². The predicted molar refractivity (Wildman–Crippen MR) is 84.7 cm³/mol. The van der Waals surface area contributed by atoms with Gasteiger partial charge in [0.2, 0.25) is 0 Å². The van der Waals surface area contributed by atoms with Gasteiger partial charge in [-0.3, -0.25) is 14.3 Å². The van der Waals surface area contributed by atoms with Crippen molar-refractivity contribution in [1.82, 2.24) is 9.78 Å². The number of aromatic nitrogens is 2. The van der Waals surface area contributed by atoms with Crippen molar-refractivity contribution in [3.63, 3.8) is 0 Å². The Bertz CT molecular complexity index is 952. The van der Waals surface area contributed by atoms with E-state index in [1.54, 1.807) is 12.1 Å². The van der Waals surface area contributed by atoms with Crippen molar-refractivity contribution in [2.75, 3.05) is 5.32 Å². The molecule has 5 nitrogen and oxygen atoms in total. The lowest BCUT2D eigenvalue weighted by atomic mass is 9.65. The van der Waals surface area contributed by atoms with Gasteiger partial charge in [-0.15, -0.1) is 0 Å². The number of Topliss-reactive ketones (excluding diaryl/α,β-unsaturated/α-hetero) is 1. The van der Waals surface area contributed by atoms with E-state index >= 15 is 0 Å². The molecule has 3 aliphatic carbocycles. The lowest BCUT2D eigenvalue weighted by Crippen LogP contribution is -2.33. The molecule has 7 heteroatoms. The molecule has 0 bridgehead atoms.